The molecule has 0 aliphatic carbocycles. The first-order valence-corrected chi connectivity index (χ1v) is 10.8. The van der Waals surface area contributed by atoms with Crippen molar-refractivity contribution in [2.24, 2.45) is 5.10 Å². The number of anilines is 1. The van der Waals surface area contributed by atoms with Crippen LogP contribution in [0.1, 0.15) is 32.3 Å². The van der Waals surface area contributed by atoms with E-state index < -0.39 is 11.9 Å². The van der Waals surface area contributed by atoms with Gasteiger partial charge in [-0.15, -0.1) is 0 Å². The van der Waals surface area contributed by atoms with E-state index in [9.17, 15) is 14.4 Å². The molecule has 0 atom stereocenters. The zero-order valence-corrected chi connectivity index (χ0v) is 19.5. The van der Waals surface area contributed by atoms with Gasteiger partial charge in [0.2, 0.25) is 11.8 Å². The number of benzene rings is 2. The molecule has 2 rings (SSSR count). The van der Waals surface area contributed by atoms with Crippen molar-refractivity contribution in [2.45, 2.75) is 26.7 Å². The first-order valence-electron chi connectivity index (χ1n) is 10.8. The summed E-state index contributed by atoms with van der Waals surface area (Å²) in [7, 11) is 1.28. The van der Waals surface area contributed by atoms with Crippen LogP contribution in [0.15, 0.2) is 47.6 Å². The quantitative estimate of drug-likeness (QED) is 0.261. The summed E-state index contributed by atoms with van der Waals surface area (Å²) in [6, 6.07) is 12.0. The van der Waals surface area contributed by atoms with Gasteiger partial charge in [0.15, 0.2) is 18.1 Å². The Bertz CT molecular complexity index is 991. The third-order valence-electron chi connectivity index (χ3n) is 4.27. The number of amides is 2. The summed E-state index contributed by atoms with van der Waals surface area (Å²) >= 11 is 0. The van der Waals surface area contributed by atoms with Gasteiger partial charge in [0, 0.05) is 18.5 Å². The number of hydrogen-bond donors (Lipinski definition) is 2. The highest BCUT2D eigenvalue weighted by molar-refractivity contribution is 5.93. The molecule has 10 heteroatoms. The van der Waals surface area contributed by atoms with E-state index in [1.54, 1.807) is 42.5 Å². The van der Waals surface area contributed by atoms with Crippen LogP contribution in [0.2, 0.25) is 0 Å². The first-order chi connectivity index (χ1) is 16.4. The van der Waals surface area contributed by atoms with Gasteiger partial charge in [0.25, 0.3) is 0 Å². The Hall–Kier alpha value is -4.08. The van der Waals surface area contributed by atoms with Gasteiger partial charge in [-0.1, -0.05) is 0 Å². The monoisotopic (exact) mass is 471 g/mol. The normalized spacial score (nSPS) is 10.4. The molecular formula is C24H29N3O7. The number of hydrazone groups is 1. The number of ether oxygens (including phenoxy) is 4. The minimum Gasteiger partial charge on any atom is -0.494 e. The van der Waals surface area contributed by atoms with Gasteiger partial charge in [-0.05, 0) is 61.9 Å². The van der Waals surface area contributed by atoms with Crippen molar-refractivity contribution in [1.29, 1.82) is 0 Å². The number of hydrogen-bond acceptors (Lipinski definition) is 8. The summed E-state index contributed by atoms with van der Waals surface area (Å²) in [5.41, 5.74) is 3.65. The van der Waals surface area contributed by atoms with E-state index in [2.05, 4.69) is 20.6 Å². The lowest BCUT2D eigenvalue weighted by atomic mass is 10.2. The smallest absolute Gasteiger partial charge is 0.343 e. The second-order valence-electron chi connectivity index (χ2n) is 6.80. The Labute approximate surface area is 198 Å². The van der Waals surface area contributed by atoms with E-state index in [1.807, 2.05) is 13.8 Å². The molecule has 0 radical (unpaired) electrons. The maximum atomic E-state index is 12.1. The van der Waals surface area contributed by atoms with Crippen molar-refractivity contribution in [3.8, 4) is 17.2 Å². The van der Waals surface area contributed by atoms with Gasteiger partial charge in [-0.2, -0.15) is 5.10 Å². The Balaban J connectivity index is 1.81. The van der Waals surface area contributed by atoms with E-state index in [0.717, 1.165) is 5.75 Å². The predicted octanol–water partition coefficient (Wildman–Crippen LogP) is 2.90. The molecule has 0 saturated carbocycles. The summed E-state index contributed by atoms with van der Waals surface area (Å²) in [5, 5.41) is 6.63. The molecular weight excluding hydrogens is 442 g/mol. The molecule has 10 nitrogen and oxygen atoms in total. The minimum absolute atomic E-state index is 0.00921. The third kappa shape index (κ3) is 9.19. The van der Waals surface area contributed by atoms with E-state index in [4.69, 9.17) is 14.2 Å². The molecule has 2 aromatic carbocycles. The van der Waals surface area contributed by atoms with Crippen molar-refractivity contribution in [3.05, 3.63) is 48.0 Å². The van der Waals surface area contributed by atoms with Gasteiger partial charge >= 0.3 is 5.97 Å². The van der Waals surface area contributed by atoms with Gasteiger partial charge < -0.3 is 24.3 Å². The third-order valence-corrected chi connectivity index (χ3v) is 4.27. The number of nitrogens with one attached hydrogen (secondary N) is 2. The standard InChI is InChI=1S/C24H29N3O7/c1-4-32-19-9-7-18(8-10-19)26-22(28)12-13-23(29)27-25-15-17-6-11-20(21(14-17)33-5-2)34-16-24(30)31-3/h6-11,14-15H,4-5,12-13,16H2,1-3H3,(H,26,28)(H,27,29). The number of carbonyl (C=O) groups excluding carboxylic acids is 3. The average Bonchev–Trinajstić information content (AvgIpc) is 2.83. The molecule has 34 heavy (non-hydrogen) atoms. The maximum absolute atomic E-state index is 12.1. The van der Waals surface area contributed by atoms with E-state index in [1.165, 1.54) is 13.3 Å². The minimum atomic E-state index is -0.510. The molecule has 0 heterocycles. The number of nitrogens with zero attached hydrogens (tertiary/aromatic N) is 1. The Morgan fingerprint density at radius 1 is 0.882 bits per heavy atom. The van der Waals surface area contributed by atoms with Crippen LogP contribution in [-0.4, -0.2) is 50.9 Å². The van der Waals surface area contributed by atoms with Gasteiger partial charge in [-0.25, -0.2) is 10.2 Å². The van der Waals surface area contributed by atoms with Crippen molar-refractivity contribution >= 4 is 29.7 Å². The van der Waals surface area contributed by atoms with E-state index >= 15 is 0 Å². The highest BCUT2D eigenvalue weighted by Gasteiger charge is 2.10. The highest BCUT2D eigenvalue weighted by atomic mass is 16.6. The molecule has 2 N–H and O–H groups in total. The van der Waals surface area contributed by atoms with Crippen molar-refractivity contribution in [3.63, 3.8) is 0 Å². The van der Waals surface area contributed by atoms with Crippen LogP contribution in [0.5, 0.6) is 17.2 Å². The van der Waals surface area contributed by atoms with Crippen molar-refractivity contribution in [2.75, 3.05) is 32.2 Å². The van der Waals surface area contributed by atoms with Gasteiger partial charge in [0.1, 0.15) is 5.75 Å². The molecule has 0 fully saturated rings. The van der Waals surface area contributed by atoms with Crippen molar-refractivity contribution in [1.82, 2.24) is 5.43 Å². The van der Waals surface area contributed by atoms with Crippen LogP contribution in [0.25, 0.3) is 0 Å². The lowest BCUT2D eigenvalue weighted by molar-refractivity contribution is -0.143. The Morgan fingerprint density at radius 2 is 1.59 bits per heavy atom. The lowest BCUT2D eigenvalue weighted by Crippen LogP contribution is -2.20. The molecule has 2 amide bonds. The molecule has 2 aromatic rings. The predicted molar refractivity (Wildman–Crippen MR) is 126 cm³/mol. The molecule has 0 aromatic heterocycles. The molecule has 0 bridgehead atoms. The fourth-order valence-electron chi connectivity index (χ4n) is 2.67. The highest BCUT2D eigenvalue weighted by Crippen LogP contribution is 2.28. The van der Waals surface area contributed by atoms with Crippen LogP contribution in [0.3, 0.4) is 0 Å². The van der Waals surface area contributed by atoms with E-state index in [-0.39, 0.29) is 25.4 Å². The number of methoxy groups -OCH3 is 1. The summed E-state index contributed by atoms with van der Waals surface area (Å²) in [6.07, 6.45) is 1.42. The average molecular weight is 472 g/mol. The largest absolute Gasteiger partial charge is 0.494 e. The van der Waals surface area contributed by atoms with Crippen LogP contribution in [0.4, 0.5) is 5.69 Å². The van der Waals surface area contributed by atoms with Crippen LogP contribution in [0, 0.1) is 0 Å². The van der Waals surface area contributed by atoms with Crippen LogP contribution >= 0.6 is 0 Å². The lowest BCUT2D eigenvalue weighted by Gasteiger charge is -2.11. The Morgan fingerprint density at radius 3 is 2.26 bits per heavy atom. The van der Waals surface area contributed by atoms with Crippen molar-refractivity contribution < 1.29 is 33.3 Å². The summed E-state index contributed by atoms with van der Waals surface area (Å²) in [5.74, 6) is 0.325. The fourth-order valence-corrected chi connectivity index (χ4v) is 2.67. The first kappa shape index (κ1) is 26.2. The summed E-state index contributed by atoms with van der Waals surface area (Å²) in [6.45, 7) is 4.42. The number of rotatable bonds is 13. The molecule has 0 saturated heterocycles. The maximum Gasteiger partial charge on any atom is 0.343 e. The summed E-state index contributed by atoms with van der Waals surface area (Å²) in [4.78, 5) is 35.3. The molecule has 0 aliphatic rings. The van der Waals surface area contributed by atoms with Gasteiger partial charge in [0.05, 0.1) is 26.5 Å². The molecule has 182 valence electrons. The zero-order chi connectivity index (χ0) is 24.8. The van der Waals surface area contributed by atoms with Crippen LogP contribution in [-0.2, 0) is 19.1 Å². The molecule has 0 spiro atoms. The Kier molecular flexibility index (Phi) is 10.9. The number of esters is 1. The SMILES string of the molecule is CCOc1ccc(NC(=O)CCC(=O)NN=Cc2ccc(OCC(=O)OC)c(OCC)c2)cc1. The second-order valence-corrected chi connectivity index (χ2v) is 6.80. The van der Waals surface area contributed by atoms with Crippen LogP contribution < -0.4 is 25.0 Å². The zero-order valence-electron chi connectivity index (χ0n) is 19.5. The number of carbonyl (C=O) groups is 3. The molecule has 0 aliphatic heterocycles. The summed E-state index contributed by atoms with van der Waals surface area (Å²) < 4.78 is 20.8. The molecule has 0 unspecified atom stereocenters. The second kappa shape index (κ2) is 14.1. The topological polar surface area (TPSA) is 125 Å². The van der Waals surface area contributed by atoms with Gasteiger partial charge in [-0.3, -0.25) is 9.59 Å². The fraction of sp³-hybridized carbons (Fsp3) is 0.333. The van der Waals surface area contributed by atoms with E-state index in [0.29, 0.717) is 36.0 Å².